The van der Waals surface area contributed by atoms with Crippen LogP contribution in [-0.4, -0.2) is 18.6 Å². The Bertz CT molecular complexity index is 657. The second-order valence-electron chi connectivity index (χ2n) is 4.81. The molecule has 0 fully saturated rings. The van der Waals surface area contributed by atoms with E-state index in [4.69, 9.17) is 10.5 Å². The van der Waals surface area contributed by atoms with E-state index in [0.29, 0.717) is 18.0 Å². The maximum absolute atomic E-state index is 11.7. The summed E-state index contributed by atoms with van der Waals surface area (Å²) in [6, 6.07) is 15.5. The van der Waals surface area contributed by atoms with Gasteiger partial charge in [-0.15, -0.1) is 0 Å². The maximum atomic E-state index is 11.7. The topological polar surface area (TPSA) is 93.4 Å². The first kappa shape index (κ1) is 16.4. The average Bonchev–Trinajstić information content (AvgIpc) is 2.55. The Morgan fingerprint density at radius 1 is 1.04 bits per heavy atom. The second-order valence-corrected chi connectivity index (χ2v) is 4.81. The SMILES string of the molecule is CCOC(=O)Nc1ccc(NC(C(N)=O)c2ccccc2)cc1. The lowest BCUT2D eigenvalue weighted by Gasteiger charge is -2.17. The number of amides is 2. The molecule has 6 nitrogen and oxygen atoms in total. The van der Waals surface area contributed by atoms with Gasteiger partial charge in [-0.1, -0.05) is 30.3 Å². The van der Waals surface area contributed by atoms with Crippen molar-refractivity contribution in [2.75, 3.05) is 17.2 Å². The molecule has 0 saturated carbocycles. The Morgan fingerprint density at radius 3 is 2.22 bits per heavy atom. The Morgan fingerprint density at radius 2 is 1.65 bits per heavy atom. The van der Waals surface area contributed by atoms with Crippen LogP contribution in [0.3, 0.4) is 0 Å². The van der Waals surface area contributed by atoms with Gasteiger partial charge in [-0.25, -0.2) is 4.79 Å². The molecule has 0 aromatic heterocycles. The summed E-state index contributed by atoms with van der Waals surface area (Å²) in [4.78, 5) is 23.0. The van der Waals surface area contributed by atoms with E-state index in [1.165, 1.54) is 0 Å². The molecule has 23 heavy (non-hydrogen) atoms. The number of ether oxygens (including phenoxy) is 1. The van der Waals surface area contributed by atoms with Crippen molar-refractivity contribution >= 4 is 23.4 Å². The third-order valence-corrected chi connectivity index (χ3v) is 3.14. The quantitative estimate of drug-likeness (QED) is 0.764. The van der Waals surface area contributed by atoms with E-state index >= 15 is 0 Å². The minimum absolute atomic E-state index is 0.308. The molecule has 0 radical (unpaired) electrons. The summed E-state index contributed by atoms with van der Waals surface area (Å²) in [5, 5.41) is 5.68. The summed E-state index contributed by atoms with van der Waals surface area (Å²) < 4.78 is 4.80. The number of primary amides is 1. The van der Waals surface area contributed by atoms with Crippen LogP contribution in [0.5, 0.6) is 0 Å². The van der Waals surface area contributed by atoms with Gasteiger partial charge in [0.2, 0.25) is 5.91 Å². The lowest BCUT2D eigenvalue weighted by Crippen LogP contribution is -2.27. The summed E-state index contributed by atoms with van der Waals surface area (Å²) in [6.07, 6.45) is -0.507. The normalized spacial score (nSPS) is 11.3. The lowest BCUT2D eigenvalue weighted by atomic mass is 10.1. The number of nitrogens with two attached hydrogens (primary N) is 1. The Labute approximate surface area is 134 Å². The number of carbonyl (C=O) groups excluding carboxylic acids is 2. The highest BCUT2D eigenvalue weighted by molar-refractivity contribution is 5.86. The van der Waals surface area contributed by atoms with Crippen molar-refractivity contribution in [3.63, 3.8) is 0 Å². The largest absolute Gasteiger partial charge is 0.450 e. The summed E-state index contributed by atoms with van der Waals surface area (Å²) in [7, 11) is 0. The van der Waals surface area contributed by atoms with Crippen LogP contribution < -0.4 is 16.4 Å². The van der Waals surface area contributed by atoms with E-state index < -0.39 is 18.0 Å². The first-order valence-corrected chi connectivity index (χ1v) is 7.24. The third kappa shape index (κ3) is 4.74. The van der Waals surface area contributed by atoms with Gasteiger partial charge >= 0.3 is 6.09 Å². The van der Waals surface area contributed by atoms with Crippen LogP contribution in [-0.2, 0) is 9.53 Å². The zero-order chi connectivity index (χ0) is 16.7. The molecule has 4 N–H and O–H groups in total. The van der Waals surface area contributed by atoms with Crippen molar-refractivity contribution in [2.24, 2.45) is 5.73 Å². The number of carbonyl (C=O) groups is 2. The number of nitrogens with one attached hydrogen (secondary N) is 2. The van der Waals surface area contributed by atoms with E-state index in [1.54, 1.807) is 31.2 Å². The molecule has 0 aliphatic heterocycles. The fourth-order valence-corrected chi connectivity index (χ4v) is 2.07. The molecule has 0 bridgehead atoms. The molecule has 0 heterocycles. The Hall–Kier alpha value is -3.02. The first-order chi connectivity index (χ1) is 11.1. The number of anilines is 2. The highest BCUT2D eigenvalue weighted by Crippen LogP contribution is 2.21. The van der Waals surface area contributed by atoms with Crippen LogP contribution in [0.4, 0.5) is 16.2 Å². The van der Waals surface area contributed by atoms with E-state index in [1.807, 2.05) is 30.3 Å². The molecule has 2 amide bonds. The maximum Gasteiger partial charge on any atom is 0.411 e. The van der Waals surface area contributed by atoms with E-state index in [2.05, 4.69) is 10.6 Å². The van der Waals surface area contributed by atoms with Gasteiger partial charge in [-0.05, 0) is 36.8 Å². The van der Waals surface area contributed by atoms with E-state index in [-0.39, 0.29) is 0 Å². The molecule has 0 spiro atoms. The molecule has 0 saturated heterocycles. The third-order valence-electron chi connectivity index (χ3n) is 3.14. The van der Waals surface area contributed by atoms with Gasteiger partial charge < -0.3 is 15.8 Å². The molecule has 2 rings (SSSR count). The van der Waals surface area contributed by atoms with Crippen molar-refractivity contribution in [3.05, 3.63) is 60.2 Å². The predicted octanol–water partition coefficient (Wildman–Crippen LogP) is 2.89. The Kier molecular flexibility index (Phi) is 5.57. The van der Waals surface area contributed by atoms with Gasteiger partial charge in [0.05, 0.1) is 6.61 Å². The molecule has 1 unspecified atom stereocenters. The zero-order valence-corrected chi connectivity index (χ0v) is 12.8. The van der Waals surface area contributed by atoms with Crippen molar-refractivity contribution in [3.8, 4) is 0 Å². The van der Waals surface area contributed by atoms with Gasteiger partial charge in [-0.3, -0.25) is 10.1 Å². The van der Waals surface area contributed by atoms with E-state index in [0.717, 1.165) is 5.56 Å². The van der Waals surface area contributed by atoms with Crippen LogP contribution in [0.2, 0.25) is 0 Å². The molecule has 2 aromatic carbocycles. The molecule has 120 valence electrons. The minimum Gasteiger partial charge on any atom is -0.450 e. The fraction of sp³-hybridized carbons (Fsp3) is 0.176. The minimum atomic E-state index is -0.625. The summed E-state index contributed by atoms with van der Waals surface area (Å²) >= 11 is 0. The van der Waals surface area contributed by atoms with Crippen LogP contribution in [0, 0.1) is 0 Å². The lowest BCUT2D eigenvalue weighted by molar-refractivity contribution is -0.118. The summed E-state index contributed by atoms with van der Waals surface area (Å²) in [5.74, 6) is -0.468. The number of hydrogen-bond acceptors (Lipinski definition) is 4. The molecule has 1 atom stereocenters. The van der Waals surface area contributed by atoms with Crippen LogP contribution in [0.15, 0.2) is 54.6 Å². The summed E-state index contributed by atoms with van der Waals surface area (Å²) in [5.41, 5.74) is 7.57. The second kappa shape index (κ2) is 7.84. The zero-order valence-electron chi connectivity index (χ0n) is 12.8. The number of hydrogen-bond donors (Lipinski definition) is 3. The van der Waals surface area contributed by atoms with Gasteiger partial charge in [0.25, 0.3) is 0 Å². The van der Waals surface area contributed by atoms with Gasteiger partial charge in [0.1, 0.15) is 6.04 Å². The monoisotopic (exact) mass is 313 g/mol. The molecular formula is C17H19N3O3. The molecule has 6 heteroatoms. The first-order valence-electron chi connectivity index (χ1n) is 7.24. The van der Waals surface area contributed by atoms with Crippen molar-refractivity contribution in [1.82, 2.24) is 0 Å². The molecule has 0 aliphatic rings. The highest BCUT2D eigenvalue weighted by Gasteiger charge is 2.17. The molecule has 0 aliphatic carbocycles. The van der Waals surface area contributed by atoms with Crippen LogP contribution in [0.25, 0.3) is 0 Å². The average molecular weight is 313 g/mol. The number of rotatable bonds is 6. The number of benzene rings is 2. The van der Waals surface area contributed by atoms with Crippen molar-refractivity contribution in [2.45, 2.75) is 13.0 Å². The highest BCUT2D eigenvalue weighted by atomic mass is 16.5. The van der Waals surface area contributed by atoms with Crippen LogP contribution in [0.1, 0.15) is 18.5 Å². The molecule has 2 aromatic rings. The van der Waals surface area contributed by atoms with Gasteiger partial charge in [0.15, 0.2) is 0 Å². The molecular weight excluding hydrogens is 294 g/mol. The standard InChI is InChI=1S/C17H19N3O3/c1-2-23-17(22)20-14-10-8-13(9-11-14)19-15(16(18)21)12-6-4-3-5-7-12/h3-11,15,19H,2H2,1H3,(H2,18,21)(H,20,22). The Balaban J connectivity index is 2.06. The van der Waals surface area contributed by atoms with Crippen molar-refractivity contribution in [1.29, 1.82) is 0 Å². The van der Waals surface area contributed by atoms with Gasteiger partial charge in [-0.2, -0.15) is 0 Å². The van der Waals surface area contributed by atoms with E-state index in [9.17, 15) is 9.59 Å². The van der Waals surface area contributed by atoms with Crippen LogP contribution >= 0.6 is 0 Å². The predicted molar refractivity (Wildman–Crippen MR) is 89.1 cm³/mol. The van der Waals surface area contributed by atoms with Gasteiger partial charge in [0, 0.05) is 11.4 Å². The summed E-state index contributed by atoms with van der Waals surface area (Å²) in [6.45, 7) is 2.04. The fourth-order valence-electron chi connectivity index (χ4n) is 2.07. The van der Waals surface area contributed by atoms with Crippen molar-refractivity contribution < 1.29 is 14.3 Å². The smallest absolute Gasteiger partial charge is 0.411 e.